The average Bonchev–Trinajstić information content (AvgIpc) is 3.05. The maximum atomic E-state index is 13.2. The largest absolute Gasteiger partial charge is 0.416 e. The Morgan fingerprint density at radius 2 is 1.42 bits per heavy atom. The molecule has 4 aromatic rings. The Kier molecular flexibility index (Phi) is 5.63. The molecule has 0 N–H and O–H groups in total. The van der Waals surface area contributed by atoms with Crippen molar-refractivity contribution in [2.75, 3.05) is 0 Å². The number of nitrogens with zero attached hydrogens (tertiary/aromatic N) is 2. The number of benzene rings is 3. The summed E-state index contributed by atoms with van der Waals surface area (Å²) in [5.41, 5.74) is 5.01. The standard InChI is InChI=1S/C25H20ClF3N2/c1-16-6-10-19(11-7-16)23-22(26)24(20-12-8-17(2)9-13-20)31(30-23)15-18-4-3-5-21(14-18)25(27,28)29/h3-14H,15H2,1-2H3. The van der Waals surface area contributed by atoms with E-state index in [1.54, 1.807) is 10.7 Å². The molecule has 4 rings (SSSR count). The first kappa shape index (κ1) is 21.2. The van der Waals surface area contributed by atoms with Crippen molar-refractivity contribution in [3.05, 3.63) is 100 Å². The summed E-state index contributed by atoms with van der Waals surface area (Å²) in [4.78, 5) is 0. The second-order valence-electron chi connectivity index (χ2n) is 7.60. The summed E-state index contributed by atoms with van der Waals surface area (Å²) >= 11 is 6.78. The normalized spacial score (nSPS) is 11.7. The molecule has 0 fully saturated rings. The third kappa shape index (κ3) is 4.52. The summed E-state index contributed by atoms with van der Waals surface area (Å²) in [5, 5.41) is 5.17. The monoisotopic (exact) mass is 440 g/mol. The molecular weight excluding hydrogens is 421 g/mol. The van der Waals surface area contributed by atoms with Crippen molar-refractivity contribution in [2.45, 2.75) is 26.6 Å². The van der Waals surface area contributed by atoms with Gasteiger partial charge in [-0.15, -0.1) is 0 Å². The van der Waals surface area contributed by atoms with Crippen LogP contribution in [-0.2, 0) is 12.7 Å². The molecule has 1 aromatic heterocycles. The van der Waals surface area contributed by atoms with Gasteiger partial charge in [0, 0.05) is 11.1 Å². The van der Waals surface area contributed by atoms with Crippen LogP contribution < -0.4 is 0 Å². The van der Waals surface area contributed by atoms with Crippen molar-refractivity contribution in [3.63, 3.8) is 0 Å². The number of aryl methyl sites for hydroxylation is 2. The molecule has 31 heavy (non-hydrogen) atoms. The van der Waals surface area contributed by atoms with Gasteiger partial charge in [0.05, 0.1) is 22.8 Å². The summed E-state index contributed by atoms with van der Waals surface area (Å²) < 4.78 is 41.2. The SMILES string of the molecule is Cc1ccc(-c2nn(Cc3cccc(C(F)(F)F)c3)c(-c3ccc(C)cc3)c2Cl)cc1. The van der Waals surface area contributed by atoms with Gasteiger partial charge in [-0.05, 0) is 31.5 Å². The van der Waals surface area contributed by atoms with Crippen LogP contribution in [0, 0.1) is 13.8 Å². The van der Waals surface area contributed by atoms with Crippen LogP contribution in [0.25, 0.3) is 22.5 Å². The van der Waals surface area contributed by atoms with Gasteiger partial charge in [0.15, 0.2) is 0 Å². The Hall–Kier alpha value is -3.05. The van der Waals surface area contributed by atoms with E-state index in [1.165, 1.54) is 6.07 Å². The Bertz CT molecular complexity index is 1210. The van der Waals surface area contributed by atoms with Crippen LogP contribution in [0.4, 0.5) is 13.2 Å². The molecule has 2 nitrogen and oxygen atoms in total. The van der Waals surface area contributed by atoms with Gasteiger partial charge >= 0.3 is 6.18 Å². The second kappa shape index (κ2) is 8.23. The first-order valence-corrected chi connectivity index (χ1v) is 10.2. The lowest BCUT2D eigenvalue weighted by Gasteiger charge is -2.11. The van der Waals surface area contributed by atoms with Crippen LogP contribution in [0.1, 0.15) is 22.3 Å². The number of alkyl halides is 3. The average molecular weight is 441 g/mol. The molecule has 6 heteroatoms. The maximum absolute atomic E-state index is 13.2. The van der Waals surface area contributed by atoms with Crippen LogP contribution in [0.15, 0.2) is 72.8 Å². The Labute approximate surface area is 183 Å². The third-order valence-corrected chi connectivity index (χ3v) is 5.49. The van der Waals surface area contributed by atoms with E-state index in [9.17, 15) is 13.2 Å². The predicted molar refractivity (Wildman–Crippen MR) is 118 cm³/mol. The van der Waals surface area contributed by atoms with Gasteiger partial charge in [0.1, 0.15) is 5.69 Å². The molecule has 3 aromatic carbocycles. The summed E-state index contributed by atoms with van der Waals surface area (Å²) in [7, 11) is 0. The van der Waals surface area contributed by atoms with E-state index in [-0.39, 0.29) is 6.54 Å². The maximum Gasteiger partial charge on any atom is 0.416 e. The van der Waals surface area contributed by atoms with Gasteiger partial charge in [0.2, 0.25) is 0 Å². The third-order valence-electron chi connectivity index (χ3n) is 5.13. The fourth-order valence-electron chi connectivity index (χ4n) is 3.46. The van der Waals surface area contributed by atoms with Gasteiger partial charge in [-0.3, -0.25) is 4.68 Å². The van der Waals surface area contributed by atoms with Crippen molar-refractivity contribution in [2.24, 2.45) is 0 Å². The van der Waals surface area contributed by atoms with Crippen molar-refractivity contribution in [3.8, 4) is 22.5 Å². The van der Waals surface area contributed by atoms with E-state index < -0.39 is 11.7 Å². The lowest BCUT2D eigenvalue weighted by atomic mass is 10.1. The highest BCUT2D eigenvalue weighted by atomic mass is 35.5. The van der Waals surface area contributed by atoms with Crippen LogP contribution in [0.5, 0.6) is 0 Å². The molecule has 0 atom stereocenters. The van der Waals surface area contributed by atoms with E-state index in [0.717, 1.165) is 34.4 Å². The minimum Gasteiger partial charge on any atom is -0.258 e. The number of aromatic nitrogens is 2. The van der Waals surface area contributed by atoms with Gasteiger partial charge in [-0.1, -0.05) is 83.4 Å². The minimum atomic E-state index is -4.40. The highest BCUT2D eigenvalue weighted by Crippen LogP contribution is 2.37. The summed E-state index contributed by atoms with van der Waals surface area (Å²) in [6, 6.07) is 21.0. The zero-order chi connectivity index (χ0) is 22.2. The van der Waals surface area contributed by atoms with E-state index >= 15 is 0 Å². The first-order valence-electron chi connectivity index (χ1n) is 9.79. The van der Waals surface area contributed by atoms with Gasteiger partial charge in [-0.2, -0.15) is 18.3 Å². The van der Waals surface area contributed by atoms with Gasteiger partial charge in [-0.25, -0.2) is 0 Å². The van der Waals surface area contributed by atoms with Crippen molar-refractivity contribution in [1.82, 2.24) is 9.78 Å². The predicted octanol–water partition coefficient (Wildman–Crippen LogP) is 7.55. The zero-order valence-corrected chi connectivity index (χ0v) is 17.8. The Morgan fingerprint density at radius 1 is 0.839 bits per heavy atom. The van der Waals surface area contributed by atoms with E-state index in [1.807, 2.05) is 62.4 Å². The van der Waals surface area contributed by atoms with E-state index in [2.05, 4.69) is 0 Å². The topological polar surface area (TPSA) is 17.8 Å². The summed E-state index contributed by atoms with van der Waals surface area (Å²) in [6.45, 7) is 4.15. The molecule has 0 saturated heterocycles. The van der Waals surface area contributed by atoms with Gasteiger partial charge in [0.25, 0.3) is 0 Å². The number of rotatable bonds is 4. The van der Waals surface area contributed by atoms with E-state index in [0.29, 0.717) is 22.0 Å². The van der Waals surface area contributed by atoms with Gasteiger partial charge < -0.3 is 0 Å². The highest BCUT2D eigenvalue weighted by Gasteiger charge is 2.30. The summed E-state index contributed by atoms with van der Waals surface area (Å²) in [5.74, 6) is 0. The molecule has 0 aliphatic carbocycles. The highest BCUT2D eigenvalue weighted by molar-refractivity contribution is 6.35. The molecule has 0 amide bonds. The van der Waals surface area contributed by atoms with Crippen molar-refractivity contribution >= 4 is 11.6 Å². The van der Waals surface area contributed by atoms with Crippen molar-refractivity contribution in [1.29, 1.82) is 0 Å². The number of hydrogen-bond acceptors (Lipinski definition) is 1. The van der Waals surface area contributed by atoms with Crippen LogP contribution in [0.3, 0.4) is 0 Å². The number of hydrogen-bond donors (Lipinski definition) is 0. The van der Waals surface area contributed by atoms with E-state index in [4.69, 9.17) is 16.7 Å². The molecule has 1 heterocycles. The fraction of sp³-hybridized carbons (Fsp3) is 0.160. The molecule has 0 bridgehead atoms. The first-order chi connectivity index (χ1) is 14.7. The smallest absolute Gasteiger partial charge is 0.258 e. The molecule has 0 radical (unpaired) electrons. The zero-order valence-electron chi connectivity index (χ0n) is 17.0. The lowest BCUT2D eigenvalue weighted by Crippen LogP contribution is -2.08. The summed E-state index contributed by atoms with van der Waals surface area (Å²) in [6.07, 6.45) is -4.40. The molecule has 0 aliphatic rings. The van der Waals surface area contributed by atoms with Crippen molar-refractivity contribution < 1.29 is 13.2 Å². The second-order valence-corrected chi connectivity index (χ2v) is 7.98. The lowest BCUT2D eigenvalue weighted by molar-refractivity contribution is -0.137. The van der Waals surface area contributed by atoms with Crippen LogP contribution >= 0.6 is 11.6 Å². The van der Waals surface area contributed by atoms with Crippen LogP contribution in [-0.4, -0.2) is 9.78 Å². The van der Waals surface area contributed by atoms with Crippen LogP contribution in [0.2, 0.25) is 5.02 Å². The minimum absolute atomic E-state index is 0.165. The Balaban J connectivity index is 1.83. The molecule has 0 spiro atoms. The molecule has 0 unspecified atom stereocenters. The quantitative estimate of drug-likeness (QED) is 0.320. The molecular formula is C25H20ClF3N2. The Morgan fingerprint density at radius 3 is 2.00 bits per heavy atom. The molecule has 0 aliphatic heterocycles. The number of halogens is 4. The molecule has 158 valence electrons. The molecule has 0 saturated carbocycles. The fourth-order valence-corrected chi connectivity index (χ4v) is 3.81.